The first-order valence-corrected chi connectivity index (χ1v) is 7.63. The van der Waals surface area contributed by atoms with E-state index in [1.165, 1.54) is 19.2 Å². The largest absolute Gasteiger partial charge is 0.477 e. The van der Waals surface area contributed by atoms with E-state index in [1.807, 2.05) is 0 Å². The van der Waals surface area contributed by atoms with Crippen molar-refractivity contribution in [2.75, 3.05) is 4.72 Å². The summed E-state index contributed by atoms with van der Waals surface area (Å²) in [7, 11) is -2.53. The molecular formula is C12H12ClN3O4S. The number of sulfonamides is 1. The van der Waals surface area contributed by atoms with Gasteiger partial charge >= 0.3 is 5.97 Å². The molecule has 0 unspecified atom stereocenters. The van der Waals surface area contributed by atoms with Crippen LogP contribution in [-0.4, -0.2) is 29.3 Å². The van der Waals surface area contributed by atoms with E-state index in [4.69, 9.17) is 16.7 Å². The van der Waals surface area contributed by atoms with Crippen LogP contribution in [0.4, 0.5) is 5.82 Å². The molecule has 7 nitrogen and oxygen atoms in total. The van der Waals surface area contributed by atoms with Crippen molar-refractivity contribution in [2.24, 2.45) is 7.05 Å². The van der Waals surface area contributed by atoms with Gasteiger partial charge in [0.1, 0.15) is 5.56 Å². The van der Waals surface area contributed by atoms with Crippen LogP contribution < -0.4 is 4.72 Å². The quantitative estimate of drug-likeness (QED) is 0.891. The lowest BCUT2D eigenvalue weighted by Crippen LogP contribution is -2.18. The number of rotatable bonds is 4. The third-order valence-corrected chi connectivity index (χ3v) is 4.80. The Hall–Kier alpha value is -2.06. The van der Waals surface area contributed by atoms with Crippen LogP contribution in [0.25, 0.3) is 0 Å². The van der Waals surface area contributed by atoms with Crippen LogP contribution in [0.1, 0.15) is 15.9 Å². The molecule has 0 radical (unpaired) electrons. The Kier molecular flexibility index (Phi) is 3.93. The Balaban J connectivity index is 2.50. The van der Waals surface area contributed by atoms with Gasteiger partial charge in [0.2, 0.25) is 0 Å². The van der Waals surface area contributed by atoms with Crippen molar-refractivity contribution in [2.45, 2.75) is 11.8 Å². The normalized spacial score (nSPS) is 11.4. The van der Waals surface area contributed by atoms with Gasteiger partial charge in [-0.25, -0.2) is 13.2 Å². The summed E-state index contributed by atoms with van der Waals surface area (Å²) in [6.07, 6.45) is 1.07. The maximum Gasteiger partial charge on any atom is 0.341 e. The van der Waals surface area contributed by atoms with Crippen molar-refractivity contribution in [3.63, 3.8) is 0 Å². The summed E-state index contributed by atoms with van der Waals surface area (Å²) in [5, 5.41) is 13.1. The molecule has 2 rings (SSSR count). The van der Waals surface area contributed by atoms with Crippen molar-refractivity contribution in [1.82, 2.24) is 9.78 Å². The molecule has 0 bridgehead atoms. The lowest BCUT2D eigenvalue weighted by molar-refractivity contribution is 0.0698. The summed E-state index contributed by atoms with van der Waals surface area (Å²) in [5.41, 5.74) is 0.145. The van der Waals surface area contributed by atoms with Crippen molar-refractivity contribution >= 4 is 33.4 Å². The number of aryl methyl sites for hydroxylation is 1. The van der Waals surface area contributed by atoms with Gasteiger partial charge in [-0.15, -0.1) is 0 Å². The molecule has 112 valence electrons. The summed E-state index contributed by atoms with van der Waals surface area (Å²) in [4.78, 5) is 11.0. The molecule has 2 N–H and O–H groups in total. The van der Waals surface area contributed by atoms with Crippen molar-refractivity contribution in [3.8, 4) is 0 Å². The molecule has 0 atom stereocenters. The SMILES string of the molecule is Cc1c(Cl)cccc1S(=O)(=O)Nc1c(C(=O)O)cnn1C. The molecule has 2 aromatic rings. The van der Waals surface area contributed by atoms with Gasteiger partial charge in [0.05, 0.1) is 11.1 Å². The lowest BCUT2D eigenvalue weighted by atomic mass is 10.2. The van der Waals surface area contributed by atoms with Crippen LogP contribution in [0.15, 0.2) is 29.3 Å². The number of carbonyl (C=O) groups is 1. The number of nitrogens with zero attached hydrogens (tertiary/aromatic N) is 2. The number of carboxylic acids is 1. The van der Waals surface area contributed by atoms with E-state index in [2.05, 4.69) is 9.82 Å². The van der Waals surface area contributed by atoms with E-state index in [0.717, 1.165) is 10.9 Å². The summed E-state index contributed by atoms with van der Waals surface area (Å²) in [6, 6.07) is 4.47. The van der Waals surface area contributed by atoms with Crippen molar-refractivity contribution < 1.29 is 18.3 Å². The molecule has 1 aromatic carbocycles. The molecule has 1 heterocycles. The minimum Gasteiger partial charge on any atom is -0.477 e. The Labute approximate surface area is 126 Å². The third-order valence-electron chi connectivity index (χ3n) is 2.91. The predicted octanol–water partition coefficient (Wildman–Crippen LogP) is 1.88. The summed E-state index contributed by atoms with van der Waals surface area (Å²) in [6.45, 7) is 1.57. The highest BCUT2D eigenvalue weighted by atomic mass is 35.5. The fourth-order valence-corrected chi connectivity index (χ4v) is 3.38. The minimum atomic E-state index is -3.97. The molecule has 9 heteroatoms. The molecule has 0 spiro atoms. The van der Waals surface area contributed by atoms with Gasteiger partial charge in [-0.3, -0.25) is 9.40 Å². The molecule has 0 aliphatic carbocycles. The Morgan fingerprint density at radius 1 is 1.43 bits per heavy atom. The molecular weight excluding hydrogens is 318 g/mol. The molecule has 1 aromatic heterocycles. The highest BCUT2D eigenvalue weighted by Crippen LogP contribution is 2.25. The number of anilines is 1. The molecule has 0 aliphatic rings. The van der Waals surface area contributed by atoms with Crippen LogP contribution >= 0.6 is 11.6 Å². The highest BCUT2D eigenvalue weighted by Gasteiger charge is 2.23. The van der Waals surface area contributed by atoms with Crippen LogP contribution in [0.2, 0.25) is 5.02 Å². The van der Waals surface area contributed by atoms with Crippen LogP contribution in [-0.2, 0) is 17.1 Å². The van der Waals surface area contributed by atoms with Gasteiger partial charge in [0.15, 0.2) is 5.82 Å². The van der Waals surface area contributed by atoms with E-state index in [-0.39, 0.29) is 16.3 Å². The zero-order valence-corrected chi connectivity index (χ0v) is 12.7. The van der Waals surface area contributed by atoms with Crippen molar-refractivity contribution in [1.29, 1.82) is 0 Å². The zero-order valence-electron chi connectivity index (χ0n) is 11.2. The molecule has 0 aliphatic heterocycles. The Morgan fingerprint density at radius 2 is 2.10 bits per heavy atom. The average Bonchev–Trinajstić information content (AvgIpc) is 2.74. The number of halogens is 1. The number of hydrogen-bond acceptors (Lipinski definition) is 4. The van der Waals surface area contributed by atoms with Crippen LogP contribution in [0.3, 0.4) is 0 Å². The first-order chi connectivity index (χ1) is 9.74. The number of aromatic nitrogens is 2. The average molecular weight is 330 g/mol. The highest BCUT2D eigenvalue weighted by molar-refractivity contribution is 7.92. The molecule has 0 saturated heterocycles. The number of benzene rings is 1. The second-order valence-electron chi connectivity index (χ2n) is 4.30. The lowest BCUT2D eigenvalue weighted by Gasteiger charge is -2.12. The molecule has 21 heavy (non-hydrogen) atoms. The number of hydrogen-bond donors (Lipinski definition) is 2. The summed E-state index contributed by atoms with van der Waals surface area (Å²) < 4.78 is 28.2. The van der Waals surface area contributed by atoms with Crippen LogP contribution in [0.5, 0.6) is 0 Å². The van der Waals surface area contributed by atoms with Gasteiger partial charge < -0.3 is 5.11 Å². The third kappa shape index (κ3) is 2.86. The maximum atomic E-state index is 12.4. The predicted molar refractivity (Wildman–Crippen MR) is 77.2 cm³/mol. The summed E-state index contributed by atoms with van der Waals surface area (Å²) >= 11 is 5.91. The Morgan fingerprint density at radius 3 is 2.71 bits per heavy atom. The number of carboxylic acid groups (broad SMARTS) is 1. The molecule has 0 saturated carbocycles. The standard InChI is InChI=1S/C12H12ClN3O4S/c1-7-9(13)4-3-5-10(7)21(19,20)15-11-8(12(17)18)6-14-16(11)2/h3-6,15H,1-2H3,(H,17,18). The van der Waals surface area contributed by atoms with Gasteiger partial charge in [-0.2, -0.15) is 5.10 Å². The van der Waals surface area contributed by atoms with Gasteiger partial charge in [0, 0.05) is 12.1 Å². The molecule has 0 amide bonds. The number of aromatic carboxylic acids is 1. The topological polar surface area (TPSA) is 101 Å². The second kappa shape index (κ2) is 5.38. The smallest absolute Gasteiger partial charge is 0.341 e. The van der Waals surface area contributed by atoms with Crippen LogP contribution in [0, 0.1) is 6.92 Å². The van der Waals surface area contributed by atoms with E-state index < -0.39 is 16.0 Å². The first-order valence-electron chi connectivity index (χ1n) is 5.77. The fraction of sp³-hybridized carbons (Fsp3) is 0.167. The van der Waals surface area contributed by atoms with E-state index >= 15 is 0 Å². The minimum absolute atomic E-state index is 0.0208. The molecule has 0 fully saturated rings. The van der Waals surface area contributed by atoms with E-state index in [0.29, 0.717) is 10.6 Å². The fourth-order valence-electron chi connectivity index (χ4n) is 1.78. The number of nitrogens with one attached hydrogen (secondary N) is 1. The Bertz CT molecular complexity index is 814. The van der Waals surface area contributed by atoms with E-state index in [1.54, 1.807) is 13.0 Å². The summed E-state index contributed by atoms with van der Waals surface area (Å²) in [5.74, 6) is -1.40. The van der Waals surface area contributed by atoms with Gasteiger partial charge in [0.25, 0.3) is 10.0 Å². The van der Waals surface area contributed by atoms with Gasteiger partial charge in [-0.05, 0) is 24.6 Å². The zero-order chi connectivity index (χ0) is 15.8. The van der Waals surface area contributed by atoms with Crippen molar-refractivity contribution in [3.05, 3.63) is 40.5 Å². The first kappa shape index (κ1) is 15.3. The monoisotopic (exact) mass is 329 g/mol. The van der Waals surface area contributed by atoms with Gasteiger partial charge in [-0.1, -0.05) is 17.7 Å². The van der Waals surface area contributed by atoms with E-state index in [9.17, 15) is 13.2 Å². The maximum absolute atomic E-state index is 12.4. The second-order valence-corrected chi connectivity index (χ2v) is 6.36.